The van der Waals surface area contributed by atoms with E-state index in [1.807, 2.05) is 6.92 Å². The molecule has 16 heavy (non-hydrogen) atoms. The van der Waals surface area contributed by atoms with Crippen LogP contribution < -0.4 is 0 Å². The van der Waals surface area contributed by atoms with E-state index in [0.29, 0.717) is 0 Å². The molecule has 2 rings (SSSR count). The van der Waals surface area contributed by atoms with Gasteiger partial charge < -0.3 is 0 Å². The second kappa shape index (κ2) is 3.85. The summed E-state index contributed by atoms with van der Waals surface area (Å²) < 4.78 is 0. The molecule has 0 spiro atoms. The number of hydrogen-bond donors (Lipinski definition) is 0. The molecule has 1 aliphatic rings. The number of rotatable bonds is 0. The number of nitrogens with zero attached hydrogens (tertiary/aromatic N) is 2. The molecule has 0 saturated heterocycles. The summed E-state index contributed by atoms with van der Waals surface area (Å²) in [6.07, 6.45) is 0.903. The van der Waals surface area contributed by atoms with Gasteiger partial charge in [-0.25, -0.2) is 0 Å². The minimum absolute atomic E-state index is 0.0846. The number of hydrogen-bond acceptors (Lipinski definition) is 2. The van der Waals surface area contributed by atoms with Gasteiger partial charge in [0.1, 0.15) is 0 Å². The molecule has 0 aliphatic carbocycles. The Bertz CT molecular complexity index is 462. The maximum absolute atomic E-state index is 4.39. The van der Waals surface area contributed by atoms with Crippen molar-refractivity contribution in [2.24, 2.45) is 15.6 Å². The van der Waals surface area contributed by atoms with Crippen LogP contribution >= 0.6 is 0 Å². The van der Waals surface area contributed by atoms with E-state index in [1.54, 1.807) is 0 Å². The maximum atomic E-state index is 4.39. The predicted octanol–water partition coefficient (Wildman–Crippen LogP) is 3.45. The molecule has 0 saturated carbocycles. The Balaban J connectivity index is 2.49. The molecule has 0 bridgehead atoms. The summed E-state index contributed by atoms with van der Waals surface area (Å²) in [6, 6.07) is 8.42. The normalized spacial score (nSPS) is 16.0. The van der Waals surface area contributed by atoms with Crippen LogP contribution in [0.4, 0.5) is 0 Å². The highest BCUT2D eigenvalue weighted by atomic mass is 15.2. The van der Waals surface area contributed by atoms with Crippen molar-refractivity contribution in [2.45, 2.75) is 34.1 Å². The van der Waals surface area contributed by atoms with Crippen LogP contribution in [0.15, 0.2) is 34.5 Å². The summed E-state index contributed by atoms with van der Waals surface area (Å²) in [5, 5.41) is 8.71. The van der Waals surface area contributed by atoms with E-state index in [0.717, 1.165) is 17.8 Å². The zero-order chi connectivity index (χ0) is 11.8. The van der Waals surface area contributed by atoms with Crippen LogP contribution in [0.1, 0.15) is 38.8 Å². The first-order valence-corrected chi connectivity index (χ1v) is 5.68. The van der Waals surface area contributed by atoms with E-state index in [9.17, 15) is 0 Å². The Morgan fingerprint density at radius 1 is 1.06 bits per heavy atom. The van der Waals surface area contributed by atoms with E-state index in [2.05, 4.69) is 55.2 Å². The molecule has 0 atom stereocenters. The van der Waals surface area contributed by atoms with Gasteiger partial charge in [-0.05, 0) is 12.5 Å². The Kier molecular flexibility index (Phi) is 2.66. The van der Waals surface area contributed by atoms with Crippen LogP contribution in [0.25, 0.3) is 0 Å². The summed E-state index contributed by atoms with van der Waals surface area (Å²) in [4.78, 5) is 0. The molecule has 1 aliphatic heterocycles. The van der Waals surface area contributed by atoms with Crippen LogP contribution in [0.3, 0.4) is 0 Å². The minimum Gasteiger partial charge on any atom is -0.159 e. The molecule has 0 N–H and O–H groups in total. The lowest BCUT2D eigenvalue weighted by Crippen LogP contribution is -2.22. The SMILES string of the molecule is CC1=NN=C(C(C)(C)C)Cc2ccccc21. The highest BCUT2D eigenvalue weighted by Gasteiger charge is 2.22. The molecule has 2 nitrogen and oxygen atoms in total. The molecule has 0 radical (unpaired) electrons. The second-order valence-corrected chi connectivity index (χ2v) is 5.32. The maximum Gasteiger partial charge on any atom is 0.0674 e. The van der Waals surface area contributed by atoms with Crippen molar-refractivity contribution in [3.05, 3.63) is 35.4 Å². The van der Waals surface area contributed by atoms with E-state index in [1.165, 1.54) is 11.1 Å². The van der Waals surface area contributed by atoms with Crippen molar-refractivity contribution in [3.63, 3.8) is 0 Å². The largest absolute Gasteiger partial charge is 0.159 e. The van der Waals surface area contributed by atoms with Gasteiger partial charge in [0.25, 0.3) is 0 Å². The van der Waals surface area contributed by atoms with Crippen LogP contribution in [0, 0.1) is 5.41 Å². The summed E-state index contributed by atoms with van der Waals surface area (Å²) >= 11 is 0. The van der Waals surface area contributed by atoms with Gasteiger partial charge in [-0.3, -0.25) is 0 Å². The summed E-state index contributed by atoms with van der Waals surface area (Å²) in [6.45, 7) is 8.58. The quantitative estimate of drug-likeness (QED) is 0.632. The standard InChI is InChI=1S/C14H18N2/c1-10-12-8-6-5-7-11(12)9-13(16-15-10)14(2,3)4/h5-8H,9H2,1-4H3. The predicted molar refractivity (Wildman–Crippen MR) is 69.2 cm³/mol. The molecule has 0 amide bonds. The first-order valence-electron chi connectivity index (χ1n) is 5.68. The Hall–Kier alpha value is -1.44. The van der Waals surface area contributed by atoms with Gasteiger partial charge in [0.15, 0.2) is 0 Å². The van der Waals surface area contributed by atoms with Crippen LogP contribution in [0.5, 0.6) is 0 Å². The van der Waals surface area contributed by atoms with Gasteiger partial charge >= 0.3 is 0 Å². The third-order valence-electron chi connectivity index (χ3n) is 2.95. The lowest BCUT2D eigenvalue weighted by atomic mass is 9.85. The van der Waals surface area contributed by atoms with E-state index < -0.39 is 0 Å². The van der Waals surface area contributed by atoms with Gasteiger partial charge in [-0.1, -0.05) is 45.0 Å². The zero-order valence-corrected chi connectivity index (χ0v) is 10.4. The van der Waals surface area contributed by atoms with Crippen molar-refractivity contribution in [3.8, 4) is 0 Å². The fourth-order valence-electron chi connectivity index (χ4n) is 1.85. The van der Waals surface area contributed by atoms with Gasteiger partial charge in [-0.2, -0.15) is 10.2 Å². The van der Waals surface area contributed by atoms with Crippen LogP contribution in [-0.2, 0) is 6.42 Å². The molecular weight excluding hydrogens is 196 g/mol. The van der Waals surface area contributed by atoms with Gasteiger partial charge in [-0.15, -0.1) is 0 Å². The molecule has 0 unspecified atom stereocenters. The first kappa shape index (κ1) is 11.1. The molecule has 84 valence electrons. The van der Waals surface area contributed by atoms with Gasteiger partial charge in [0.2, 0.25) is 0 Å². The smallest absolute Gasteiger partial charge is 0.0674 e. The summed E-state index contributed by atoms with van der Waals surface area (Å²) in [7, 11) is 0. The summed E-state index contributed by atoms with van der Waals surface area (Å²) in [5.41, 5.74) is 4.80. The first-order chi connectivity index (χ1) is 7.48. The molecule has 2 heteroatoms. The minimum atomic E-state index is 0.0846. The molecular formula is C14H18N2. The average molecular weight is 214 g/mol. The third-order valence-corrected chi connectivity index (χ3v) is 2.95. The fourth-order valence-corrected chi connectivity index (χ4v) is 1.85. The van der Waals surface area contributed by atoms with E-state index in [4.69, 9.17) is 0 Å². The van der Waals surface area contributed by atoms with Crippen molar-refractivity contribution in [1.29, 1.82) is 0 Å². The summed E-state index contributed by atoms with van der Waals surface area (Å²) in [5.74, 6) is 0. The molecule has 0 fully saturated rings. The zero-order valence-electron chi connectivity index (χ0n) is 10.4. The monoisotopic (exact) mass is 214 g/mol. The number of fused-ring (bicyclic) bond motifs is 1. The second-order valence-electron chi connectivity index (χ2n) is 5.32. The topological polar surface area (TPSA) is 24.7 Å². The molecule has 1 heterocycles. The fraction of sp³-hybridized carbons (Fsp3) is 0.429. The van der Waals surface area contributed by atoms with Crippen molar-refractivity contribution < 1.29 is 0 Å². The molecule has 0 aromatic heterocycles. The third kappa shape index (κ3) is 2.06. The lowest BCUT2D eigenvalue weighted by Gasteiger charge is -2.20. The van der Waals surface area contributed by atoms with Crippen LogP contribution in [0.2, 0.25) is 0 Å². The van der Waals surface area contributed by atoms with Crippen LogP contribution in [-0.4, -0.2) is 11.4 Å². The molecule has 1 aromatic rings. The average Bonchev–Trinajstić information content (AvgIpc) is 2.38. The van der Waals surface area contributed by atoms with E-state index >= 15 is 0 Å². The van der Waals surface area contributed by atoms with Gasteiger partial charge in [0, 0.05) is 17.4 Å². The molecule has 1 aromatic carbocycles. The Morgan fingerprint density at radius 2 is 1.75 bits per heavy atom. The van der Waals surface area contributed by atoms with E-state index in [-0.39, 0.29) is 5.41 Å². The highest BCUT2D eigenvalue weighted by molar-refractivity contribution is 6.04. The van der Waals surface area contributed by atoms with Crippen molar-refractivity contribution >= 4 is 11.4 Å². The highest BCUT2D eigenvalue weighted by Crippen LogP contribution is 2.23. The lowest BCUT2D eigenvalue weighted by molar-refractivity contribution is 0.579. The number of benzene rings is 1. The van der Waals surface area contributed by atoms with Gasteiger partial charge in [0.05, 0.1) is 11.4 Å². The van der Waals surface area contributed by atoms with Crippen molar-refractivity contribution in [1.82, 2.24) is 0 Å². The van der Waals surface area contributed by atoms with Crippen molar-refractivity contribution in [2.75, 3.05) is 0 Å². The Morgan fingerprint density at radius 3 is 2.44 bits per heavy atom. The Labute approximate surface area is 97.1 Å².